The summed E-state index contributed by atoms with van der Waals surface area (Å²) in [7, 11) is 0. The maximum Gasteiger partial charge on any atom is 0.149 e. The lowest BCUT2D eigenvalue weighted by atomic mass is 10.0. The van der Waals surface area contributed by atoms with Gasteiger partial charge in [0.1, 0.15) is 11.6 Å². The van der Waals surface area contributed by atoms with Gasteiger partial charge >= 0.3 is 0 Å². The minimum Gasteiger partial charge on any atom is -0.382 e. The molecule has 2 fully saturated rings. The third-order valence-corrected chi connectivity index (χ3v) is 4.39. The van der Waals surface area contributed by atoms with Gasteiger partial charge in [-0.1, -0.05) is 0 Å². The van der Waals surface area contributed by atoms with Crippen molar-refractivity contribution >= 4 is 11.6 Å². The van der Waals surface area contributed by atoms with E-state index in [-0.39, 0.29) is 0 Å². The topological polar surface area (TPSA) is 67.5 Å². The van der Waals surface area contributed by atoms with Crippen molar-refractivity contribution < 1.29 is 4.74 Å². The first kappa shape index (κ1) is 14.5. The molecule has 2 aliphatic heterocycles. The summed E-state index contributed by atoms with van der Waals surface area (Å²) in [5.41, 5.74) is 5.72. The highest BCUT2D eigenvalue weighted by atomic mass is 16.5. The average Bonchev–Trinajstić information content (AvgIpc) is 2.46. The first-order valence-corrected chi connectivity index (χ1v) is 7.84. The zero-order valence-corrected chi connectivity index (χ0v) is 12.9. The molecule has 0 amide bonds. The van der Waals surface area contributed by atoms with Gasteiger partial charge in [0.05, 0.1) is 24.6 Å². The quantitative estimate of drug-likeness (QED) is 0.881. The second-order valence-corrected chi connectivity index (χ2v) is 6.23. The normalized spacial score (nSPS) is 28.8. The summed E-state index contributed by atoms with van der Waals surface area (Å²) in [5.74, 6) is 1.39. The molecule has 0 aliphatic carbocycles. The molecular weight excluding hydrogens is 266 g/mol. The van der Waals surface area contributed by atoms with Gasteiger partial charge in [0.2, 0.25) is 0 Å². The predicted octanol–water partition coefficient (Wildman–Crippen LogP) is 1.14. The van der Waals surface area contributed by atoms with Crippen LogP contribution in [0.15, 0.2) is 12.4 Å². The van der Waals surface area contributed by atoms with Gasteiger partial charge in [0, 0.05) is 32.2 Å². The first-order chi connectivity index (χ1) is 10.1. The SMILES string of the molecule is C[C@@H]1CN(C2CCN(c3cncc(N)n3)CC2)C[C@H](C)O1. The Balaban J connectivity index is 1.57. The maximum atomic E-state index is 5.83. The number of rotatable bonds is 2. The molecule has 0 spiro atoms. The zero-order chi connectivity index (χ0) is 14.8. The van der Waals surface area contributed by atoms with Gasteiger partial charge in [0.15, 0.2) is 0 Å². The van der Waals surface area contributed by atoms with Gasteiger partial charge in [-0.3, -0.25) is 9.88 Å². The van der Waals surface area contributed by atoms with Crippen LogP contribution in [0.1, 0.15) is 26.7 Å². The highest BCUT2D eigenvalue weighted by Gasteiger charge is 2.30. The summed E-state index contributed by atoms with van der Waals surface area (Å²) >= 11 is 0. The molecule has 0 saturated carbocycles. The molecule has 6 heteroatoms. The van der Waals surface area contributed by atoms with E-state index in [1.165, 1.54) is 0 Å². The van der Waals surface area contributed by atoms with Gasteiger partial charge in [-0.2, -0.15) is 0 Å². The van der Waals surface area contributed by atoms with Crippen LogP contribution in [0.2, 0.25) is 0 Å². The fraction of sp³-hybridized carbons (Fsp3) is 0.733. The number of aromatic nitrogens is 2. The van der Waals surface area contributed by atoms with Crippen molar-refractivity contribution in [2.24, 2.45) is 0 Å². The summed E-state index contributed by atoms with van der Waals surface area (Å²) < 4.78 is 5.83. The van der Waals surface area contributed by atoms with Crippen molar-refractivity contribution in [3.05, 3.63) is 12.4 Å². The van der Waals surface area contributed by atoms with E-state index in [1.807, 2.05) is 0 Å². The van der Waals surface area contributed by atoms with Crippen LogP contribution >= 0.6 is 0 Å². The summed E-state index contributed by atoms with van der Waals surface area (Å²) in [6.07, 6.45) is 6.40. The molecule has 1 aromatic heterocycles. The molecular formula is C15H25N5O. The molecule has 6 nitrogen and oxygen atoms in total. The Kier molecular flexibility index (Phi) is 4.26. The minimum absolute atomic E-state index is 0.339. The summed E-state index contributed by atoms with van der Waals surface area (Å²) in [6.45, 7) is 8.46. The van der Waals surface area contributed by atoms with E-state index in [1.54, 1.807) is 12.4 Å². The van der Waals surface area contributed by atoms with Crippen molar-refractivity contribution in [2.75, 3.05) is 36.8 Å². The van der Waals surface area contributed by atoms with Crippen LogP contribution in [0.25, 0.3) is 0 Å². The van der Waals surface area contributed by atoms with Crippen molar-refractivity contribution in [1.29, 1.82) is 0 Å². The van der Waals surface area contributed by atoms with Crippen LogP contribution in [-0.2, 0) is 4.74 Å². The molecule has 2 aliphatic rings. The van der Waals surface area contributed by atoms with E-state index in [2.05, 4.69) is 33.6 Å². The van der Waals surface area contributed by atoms with Crippen LogP contribution in [0.5, 0.6) is 0 Å². The molecule has 0 unspecified atom stereocenters. The smallest absolute Gasteiger partial charge is 0.149 e. The minimum atomic E-state index is 0.339. The Bertz CT molecular complexity index is 465. The van der Waals surface area contributed by atoms with Crippen molar-refractivity contribution in [3.63, 3.8) is 0 Å². The van der Waals surface area contributed by atoms with E-state index >= 15 is 0 Å². The van der Waals surface area contributed by atoms with Crippen molar-refractivity contribution in [1.82, 2.24) is 14.9 Å². The van der Waals surface area contributed by atoms with E-state index in [0.717, 1.165) is 44.8 Å². The highest BCUT2D eigenvalue weighted by Crippen LogP contribution is 2.23. The molecule has 3 heterocycles. The molecule has 0 radical (unpaired) electrons. The lowest BCUT2D eigenvalue weighted by molar-refractivity contribution is -0.0826. The monoisotopic (exact) mass is 291 g/mol. The maximum absolute atomic E-state index is 5.83. The van der Waals surface area contributed by atoms with Crippen LogP contribution in [0.3, 0.4) is 0 Å². The second kappa shape index (κ2) is 6.15. The lowest BCUT2D eigenvalue weighted by Crippen LogP contribution is -2.53. The van der Waals surface area contributed by atoms with Crippen LogP contribution in [-0.4, -0.2) is 59.3 Å². The van der Waals surface area contributed by atoms with E-state index in [9.17, 15) is 0 Å². The molecule has 21 heavy (non-hydrogen) atoms. The molecule has 2 atom stereocenters. The molecule has 1 aromatic rings. The fourth-order valence-electron chi connectivity index (χ4n) is 3.50. The van der Waals surface area contributed by atoms with Gasteiger partial charge in [-0.05, 0) is 26.7 Å². The van der Waals surface area contributed by atoms with E-state index in [0.29, 0.717) is 24.1 Å². The van der Waals surface area contributed by atoms with Crippen molar-refractivity contribution in [2.45, 2.75) is 44.9 Å². The van der Waals surface area contributed by atoms with Gasteiger partial charge < -0.3 is 15.4 Å². The molecule has 116 valence electrons. The summed E-state index contributed by atoms with van der Waals surface area (Å²) in [4.78, 5) is 13.4. The number of ether oxygens (including phenoxy) is 1. The van der Waals surface area contributed by atoms with Crippen LogP contribution < -0.4 is 10.6 Å². The van der Waals surface area contributed by atoms with Crippen LogP contribution in [0, 0.1) is 0 Å². The molecule has 0 bridgehead atoms. The molecule has 2 saturated heterocycles. The molecule has 2 N–H and O–H groups in total. The average molecular weight is 291 g/mol. The van der Waals surface area contributed by atoms with Gasteiger partial charge in [0.25, 0.3) is 0 Å². The Morgan fingerprint density at radius 3 is 2.43 bits per heavy atom. The number of hydrogen-bond donors (Lipinski definition) is 1. The number of piperidine rings is 1. The summed E-state index contributed by atoms with van der Waals surface area (Å²) in [6, 6.07) is 0.657. The third kappa shape index (κ3) is 3.44. The standard InChI is InChI=1S/C15H25N5O/c1-11-9-20(10-12(2)21-11)13-3-5-19(6-4-13)15-8-17-7-14(16)18-15/h7-8,11-13H,3-6,9-10H2,1-2H3,(H2,16,18)/t11-,12+. The second-order valence-electron chi connectivity index (χ2n) is 6.23. The first-order valence-electron chi connectivity index (χ1n) is 7.84. The third-order valence-electron chi connectivity index (χ3n) is 4.39. The van der Waals surface area contributed by atoms with Gasteiger partial charge in [-0.15, -0.1) is 0 Å². The van der Waals surface area contributed by atoms with E-state index in [4.69, 9.17) is 10.5 Å². The Morgan fingerprint density at radius 1 is 1.14 bits per heavy atom. The predicted molar refractivity (Wildman–Crippen MR) is 83.3 cm³/mol. The number of nitrogens with zero attached hydrogens (tertiary/aromatic N) is 4. The Labute approximate surface area is 126 Å². The number of nitrogens with two attached hydrogens (primary N) is 1. The zero-order valence-electron chi connectivity index (χ0n) is 12.9. The number of nitrogen functional groups attached to an aromatic ring is 1. The fourth-order valence-corrected chi connectivity index (χ4v) is 3.50. The lowest BCUT2D eigenvalue weighted by Gasteiger charge is -2.43. The number of anilines is 2. The molecule has 0 aromatic carbocycles. The van der Waals surface area contributed by atoms with Gasteiger partial charge in [-0.25, -0.2) is 4.98 Å². The Hall–Kier alpha value is -1.40. The number of hydrogen-bond acceptors (Lipinski definition) is 6. The Morgan fingerprint density at radius 2 is 1.81 bits per heavy atom. The van der Waals surface area contributed by atoms with E-state index < -0.39 is 0 Å². The van der Waals surface area contributed by atoms with Crippen LogP contribution in [0.4, 0.5) is 11.6 Å². The number of morpholine rings is 1. The summed E-state index contributed by atoms with van der Waals surface area (Å²) in [5, 5.41) is 0. The molecule has 3 rings (SSSR count). The largest absolute Gasteiger partial charge is 0.382 e. The highest BCUT2D eigenvalue weighted by molar-refractivity contribution is 5.41. The van der Waals surface area contributed by atoms with Crippen molar-refractivity contribution in [3.8, 4) is 0 Å².